The lowest BCUT2D eigenvalue weighted by Crippen LogP contribution is -2.08. The Morgan fingerprint density at radius 3 is 2.57 bits per heavy atom. The van der Waals surface area contributed by atoms with E-state index >= 15 is 0 Å². The van der Waals surface area contributed by atoms with Crippen LogP contribution in [0.1, 0.15) is 34.1 Å². The monoisotopic (exact) mass is 379 g/mol. The second-order valence-electron chi connectivity index (χ2n) is 6.55. The van der Waals surface area contributed by atoms with Crippen molar-refractivity contribution >= 4 is 11.7 Å². The molecule has 3 aromatic rings. The van der Waals surface area contributed by atoms with E-state index in [2.05, 4.69) is 5.10 Å². The van der Waals surface area contributed by atoms with E-state index in [0.29, 0.717) is 16.8 Å². The van der Waals surface area contributed by atoms with Crippen LogP contribution in [0, 0.1) is 30.9 Å². The number of nitro groups is 1. The third-order valence-corrected chi connectivity index (χ3v) is 4.50. The first-order valence-corrected chi connectivity index (χ1v) is 8.92. The van der Waals surface area contributed by atoms with Crippen LogP contribution in [-0.4, -0.2) is 27.3 Å². The maximum absolute atomic E-state index is 12.4. The lowest BCUT2D eigenvalue weighted by molar-refractivity contribution is -0.384. The van der Waals surface area contributed by atoms with E-state index < -0.39 is 10.9 Å². The van der Waals surface area contributed by atoms with Gasteiger partial charge in [-0.15, -0.1) is 0 Å². The summed E-state index contributed by atoms with van der Waals surface area (Å²) in [5, 5.41) is 15.7. The van der Waals surface area contributed by atoms with Crippen molar-refractivity contribution in [3.8, 4) is 16.9 Å². The molecule has 3 rings (SSSR count). The number of rotatable bonds is 5. The first-order valence-electron chi connectivity index (χ1n) is 8.92. The number of benzene rings is 2. The fraction of sp³-hybridized carbons (Fsp3) is 0.238. The number of ether oxygens (including phenoxy) is 1. The molecule has 0 saturated heterocycles. The number of nitro benzene ring substituents is 1. The molecule has 1 aromatic heterocycles. The van der Waals surface area contributed by atoms with Gasteiger partial charge in [0.05, 0.1) is 22.9 Å². The normalized spacial score (nSPS) is 10.7. The average Bonchev–Trinajstić information content (AvgIpc) is 2.99. The molecule has 0 saturated carbocycles. The zero-order chi connectivity index (χ0) is 20.4. The van der Waals surface area contributed by atoms with Gasteiger partial charge in [0.15, 0.2) is 5.69 Å². The molecule has 7 heteroatoms. The van der Waals surface area contributed by atoms with Gasteiger partial charge in [0.2, 0.25) is 0 Å². The predicted octanol–water partition coefficient (Wildman–Crippen LogP) is 4.55. The first kappa shape index (κ1) is 19.3. The zero-order valence-electron chi connectivity index (χ0n) is 16.2. The van der Waals surface area contributed by atoms with Crippen LogP contribution in [0.5, 0.6) is 0 Å². The summed E-state index contributed by atoms with van der Waals surface area (Å²) in [5.41, 5.74) is 4.89. The summed E-state index contributed by atoms with van der Waals surface area (Å²) in [6.07, 6.45) is 0. The van der Waals surface area contributed by atoms with Crippen molar-refractivity contribution in [2.24, 2.45) is 0 Å². The molecule has 0 N–H and O–H groups in total. The van der Waals surface area contributed by atoms with Crippen LogP contribution in [0.2, 0.25) is 0 Å². The fourth-order valence-corrected chi connectivity index (χ4v) is 3.21. The van der Waals surface area contributed by atoms with Gasteiger partial charge in [-0.25, -0.2) is 9.48 Å². The molecule has 144 valence electrons. The number of hydrogen-bond acceptors (Lipinski definition) is 5. The minimum absolute atomic E-state index is 0.0250. The largest absolute Gasteiger partial charge is 0.461 e. The summed E-state index contributed by atoms with van der Waals surface area (Å²) in [7, 11) is 0. The van der Waals surface area contributed by atoms with Crippen molar-refractivity contribution in [2.75, 3.05) is 6.61 Å². The maximum Gasteiger partial charge on any atom is 0.359 e. The van der Waals surface area contributed by atoms with Crippen LogP contribution in [0.4, 0.5) is 5.69 Å². The predicted molar refractivity (Wildman–Crippen MR) is 106 cm³/mol. The van der Waals surface area contributed by atoms with Crippen molar-refractivity contribution in [2.45, 2.75) is 27.7 Å². The smallest absolute Gasteiger partial charge is 0.359 e. The number of aromatic nitrogens is 2. The molecule has 0 bridgehead atoms. The van der Waals surface area contributed by atoms with E-state index in [0.717, 1.165) is 16.8 Å². The molecular weight excluding hydrogens is 358 g/mol. The van der Waals surface area contributed by atoms with Crippen LogP contribution in [-0.2, 0) is 4.74 Å². The molecule has 0 amide bonds. The minimum Gasteiger partial charge on any atom is -0.461 e. The van der Waals surface area contributed by atoms with Gasteiger partial charge in [0.1, 0.15) is 0 Å². The van der Waals surface area contributed by atoms with Gasteiger partial charge in [0.25, 0.3) is 5.69 Å². The van der Waals surface area contributed by atoms with Gasteiger partial charge >= 0.3 is 5.97 Å². The first-order chi connectivity index (χ1) is 13.3. The number of esters is 1. The van der Waals surface area contributed by atoms with E-state index in [9.17, 15) is 14.9 Å². The Morgan fingerprint density at radius 2 is 1.93 bits per heavy atom. The van der Waals surface area contributed by atoms with Crippen molar-refractivity contribution in [3.63, 3.8) is 0 Å². The van der Waals surface area contributed by atoms with E-state index in [4.69, 9.17) is 4.74 Å². The second kappa shape index (κ2) is 7.64. The molecule has 7 nitrogen and oxygen atoms in total. The van der Waals surface area contributed by atoms with Crippen molar-refractivity contribution < 1.29 is 14.5 Å². The molecule has 0 radical (unpaired) electrons. The van der Waals surface area contributed by atoms with E-state index in [1.807, 2.05) is 32.0 Å². The van der Waals surface area contributed by atoms with Crippen LogP contribution in [0.25, 0.3) is 16.9 Å². The highest BCUT2D eigenvalue weighted by Crippen LogP contribution is 2.32. The Bertz CT molecular complexity index is 1070. The third-order valence-electron chi connectivity index (χ3n) is 4.50. The summed E-state index contributed by atoms with van der Waals surface area (Å²) in [6, 6.07) is 12.2. The Balaban J connectivity index is 2.29. The SMILES string of the molecule is CCOC(=O)c1nn(-c2ccc(C)cc2C)c(-c2cccc([N+](=O)[O-])c2)c1C. The molecule has 28 heavy (non-hydrogen) atoms. The lowest BCUT2D eigenvalue weighted by Gasteiger charge is -2.12. The lowest BCUT2D eigenvalue weighted by atomic mass is 10.0. The summed E-state index contributed by atoms with van der Waals surface area (Å²) < 4.78 is 6.80. The zero-order valence-corrected chi connectivity index (χ0v) is 16.2. The molecule has 0 fully saturated rings. The van der Waals surface area contributed by atoms with Gasteiger partial charge in [-0.3, -0.25) is 10.1 Å². The molecular formula is C21H21N3O4. The molecule has 2 aromatic carbocycles. The minimum atomic E-state index is -0.518. The molecule has 1 heterocycles. The average molecular weight is 379 g/mol. The van der Waals surface area contributed by atoms with Crippen molar-refractivity contribution in [1.82, 2.24) is 9.78 Å². The van der Waals surface area contributed by atoms with Crippen molar-refractivity contribution in [1.29, 1.82) is 0 Å². The number of non-ortho nitro benzene ring substituents is 1. The number of carbonyl (C=O) groups is 1. The maximum atomic E-state index is 12.4. The highest BCUT2D eigenvalue weighted by atomic mass is 16.6. The fourth-order valence-electron chi connectivity index (χ4n) is 3.21. The van der Waals surface area contributed by atoms with E-state index in [1.165, 1.54) is 12.1 Å². The van der Waals surface area contributed by atoms with Crippen LogP contribution in [0.3, 0.4) is 0 Å². The molecule has 0 atom stereocenters. The second-order valence-corrected chi connectivity index (χ2v) is 6.55. The molecule has 0 aliphatic rings. The number of carbonyl (C=O) groups excluding carboxylic acids is 1. The van der Waals surface area contributed by atoms with Crippen molar-refractivity contribution in [3.05, 3.63) is 75.0 Å². The Kier molecular flexibility index (Phi) is 5.26. The topological polar surface area (TPSA) is 87.3 Å². The van der Waals surface area contributed by atoms with Crippen LogP contribution < -0.4 is 0 Å². The summed E-state index contributed by atoms with van der Waals surface area (Å²) >= 11 is 0. The molecule has 0 spiro atoms. The van der Waals surface area contributed by atoms with E-state index in [1.54, 1.807) is 30.7 Å². The highest BCUT2D eigenvalue weighted by Gasteiger charge is 2.24. The summed E-state index contributed by atoms with van der Waals surface area (Å²) in [5.74, 6) is -0.518. The Hall–Kier alpha value is -3.48. The molecule has 0 unspecified atom stereocenters. The quantitative estimate of drug-likeness (QED) is 0.369. The molecule has 0 aliphatic heterocycles. The van der Waals surface area contributed by atoms with Gasteiger partial charge < -0.3 is 4.74 Å². The van der Waals surface area contributed by atoms with Crippen LogP contribution in [0.15, 0.2) is 42.5 Å². The van der Waals surface area contributed by atoms with E-state index in [-0.39, 0.29) is 18.0 Å². The standard InChI is InChI=1S/C21H21N3O4/c1-5-28-21(25)19-15(4)20(16-7-6-8-17(12-16)24(26)27)23(22-19)18-10-9-13(2)11-14(18)3/h6-12H,5H2,1-4H3. The Labute approximate surface area is 162 Å². The number of hydrogen-bond donors (Lipinski definition) is 0. The van der Waals surface area contributed by atoms with Gasteiger partial charge in [-0.2, -0.15) is 5.10 Å². The third kappa shape index (κ3) is 3.51. The van der Waals surface area contributed by atoms with Crippen LogP contribution >= 0.6 is 0 Å². The number of nitrogens with zero attached hydrogens (tertiary/aromatic N) is 3. The van der Waals surface area contributed by atoms with Gasteiger partial charge in [0, 0.05) is 23.3 Å². The summed E-state index contributed by atoms with van der Waals surface area (Å²) in [4.78, 5) is 23.2. The van der Waals surface area contributed by atoms with Gasteiger partial charge in [-0.05, 0) is 39.3 Å². The Morgan fingerprint density at radius 1 is 1.18 bits per heavy atom. The summed E-state index contributed by atoms with van der Waals surface area (Å²) in [6.45, 7) is 7.70. The van der Waals surface area contributed by atoms with Gasteiger partial charge in [-0.1, -0.05) is 29.8 Å². The number of aryl methyl sites for hydroxylation is 2. The highest BCUT2D eigenvalue weighted by molar-refractivity contribution is 5.91. The molecule has 0 aliphatic carbocycles.